The summed E-state index contributed by atoms with van der Waals surface area (Å²) in [5.41, 5.74) is 0.972. The largest absolute Gasteiger partial charge is 0.256 e. The van der Waals surface area contributed by atoms with Crippen molar-refractivity contribution in [3.63, 3.8) is 0 Å². The summed E-state index contributed by atoms with van der Waals surface area (Å²) in [6, 6.07) is 0. The van der Waals surface area contributed by atoms with E-state index in [2.05, 4.69) is 9.97 Å². The molecule has 0 aliphatic rings. The van der Waals surface area contributed by atoms with Gasteiger partial charge in [0.15, 0.2) is 0 Å². The number of halogens is 1. The van der Waals surface area contributed by atoms with Gasteiger partial charge in [-0.3, -0.25) is 4.98 Å². The quantitative estimate of drug-likeness (QED) is 0.597. The Balaban J connectivity index is 2.88. The minimum atomic E-state index is 0.451. The van der Waals surface area contributed by atoms with Crippen molar-refractivity contribution in [3.8, 4) is 0 Å². The van der Waals surface area contributed by atoms with Crippen LogP contribution in [0.2, 0.25) is 5.15 Å². The predicted octanol–water partition coefficient (Wildman–Crippen LogP) is 1.69. The van der Waals surface area contributed by atoms with Gasteiger partial charge in [0.1, 0.15) is 5.15 Å². The first-order valence-electron chi connectivity index (χ1n) is 2.79. The van der Waals surface area contributed by atoms with Gasteiger partial charge >= 0.3 is 0 Å². The Morgan fingerprint density at radius 1 is 1.44 bits per heavy atom. The van der Waals surface area contributed by atoms with Crippen molar-refractivity contribution in [2.24, 2.45) is 0 Å². The number of nitrogens with zero attached hydrogens (tertiary/aromatic N) is 2. The molecule has 1 rings (SSSR count). The Morgan fingerprint density at radius 3 is 2.67 bits per heavy atom. The molecule has 3 heteroatoms. The predicted molar refractivity (Wildman–Crippen MR) is 36.4 cm³/mol. The summed E-state index contributed by atoms with van der Waals surface area (Å²) in [4.78, 5) is 7.86. The first kappa shape index (κ1) is 6.49. The second-order valence-electron chi connectivity index (χ2n) is 1.68. The number of hydrogen-bond acceptors (Lipinski definition) is 2. The SMILES string of the molecule is CCc1cnc(Cl)cn1. The molecule has 0 N–H and O–H groups in total. The third-order valence-corrected chi connectivity index (χ3v) is 1.23. The van der Waals surface area contributed by atoms with Crippen molar-refractivity contribution >= 4 is 11.6 Å². The molecule has 0 saturated carbocycles. The smallest absolute Gasteiger partial charge is 0.147 e. The van der Waals surface area contributed by atoms with Gasteiger partial charge in [0.2, 0.25) is 0 Å². The van der Waals surface area contributed by atoms with Gasteiger partial charge in [-0.2, -0.15) is 0 Å². The van der Waals surface area contributed by atoms with Crippen LogP contribution in [0.15, 0.2) is 12.4 Å². The molecule has 9 heavy (non-hydrogen) atoms. The summed E-state index contributed by atoms with van der Waals surface area (Å²) in [6.45, 7) is 2.03. The highest BCUT2D eigenvalue weighted by Crippen LogP contribution is 2.00. The molecule has 1 aromatic heterocycles. The van der Waals surface area contributed by atoms with Crippen molar-refractivity contribution in [2.75, 3.05) is 0 Å². The molecule has 0 radical (unpaired) electrons. The third kappa shape index (κ3) is 1.64. The summed E-state index contributed by atoms with van der Waals surface area (Å²) in [7, 11) is 0. The first-order valence-corrected chi connectivity index (χ1v) is 3.17. The van der Waals surface area contributed by atoms with Crippen LogP contribution >= 0.6 is 11.6 Å². The Bertz CT molecular complexity index is 183. The molecule has 0 aliphatic carbocycles. The van der Waals surface area contributed by atoms with Crippen LogP contribution in [0.4, 0.5) is 0 Å². The molecule has 2 nitrogen and oxygen atoms in total. The fraction of sp³-hybridized carbons (Fsp3) is 0.333. The van der Waals surface area contributed by atoms with Crippen LogP contribution in [0.5, 0.6) is 0 Å². The first-order chi connectivity index (χ1) is 4.33. The third-order valence-electron chi connectivity index (χ3n) is 1.04. The molecule has 1 heterocycles. The molecule has 0 unspecified atom stereocenters. The van der Waals surface area contributed by atoms with Crippen molar-refractivity contribution in [2.45, 2.75) is 13.3 Å². The van der Waals surface area contributed by atoms with Crippen LogP contribution in [0.1, 0.15) is 12.6 Å². The molecule has 0 aromatic carbocycles. The standard InChI is InChI=1S/C6H7ClN2/c1-2-5-3-9-6(7)4-8-5/h3-4H,2H2,1H3. The van der Waals surface area contributed by atoms with E-state index in [4.69, 9.17) is 11.6 Å². The molecule has 0 fully saturated rings. The Morgan fingerprint density at radius 2 is 2.22 bits per heavy atom. The van der Waals surface area contributed by atoms with Crippen molar-refractivity contribution < 1.29 is 0 Å². The van der Waals surface area contributed by atoms with Crippen LogP contribution in [0.3, 0.4) is 0 Å². The van der Waals surface area contributed by atoms with E-state index >= 15 is 0 Å². The van der Waals surface area contributed by atoms with Crippen LogP contribution in [0, 0.1) is 0 Å². The highest BCUT2D eigenvalue weighted by atomic mass is 35.5. The van der Waals surface area contributed by atoms with E-state index in [1.165, 1.54) is 0 Å². The molecule has 1 aromatic rings. The van der Waals surface area contributed by atoms with Gasteiger partial charge in [-0.05, 0) is 6.42 Å². The lowest BCUT2D eigenvalue weighted by Gasteiger charge is -1.91. The summed E-state index contributed by atoms with van der Waals surface area (Å²) in [6.07, 6.45) is 4.15. The number of rotatable bonds is 1. The maximum Gasteiger partial charge on any atom is 0.147 e. The van der Waals surface area contributed by atoms with E-state index in [-0.39, 0.29) is 0 Å². The van der Waals surface area contributed by atoms with E-state index in [1.54, 1.807) is 12.4 Å². The normalized spacial score (nSPS) is 9.56. The van der Waals surface area contributed by atoms with Gasteiger partial charge in [-0.1, -0.05) is 18.5 Å². The van der Waals surface area contributed by atoms with E-state index in [1.807, 2.05) is 6.92 Å². The number of aryl methyl sites for hydroxylation is 1. The number of hydrogen-bond donors (Lipinski definition) is 0. The molecular weight excluding hydrogens is 136 g/mol. The monoisotopic (exact) mass is 142 g/mol. The molecule has 0 aliphatic heterocycles. The minimum absolute atomic E-state index is 0.451. The number of aromatic nitrogens is 2. The Hall–Kier alpha value is -0.630. The van der Waals surface area contributed by atoms with Gasteiger partial charge in [0.05, 0.1) is 18.1 Å². The van der Waals surface area contributed by atoms with Crippen molar-refractivity contribution in [3.05, 3.63) is 23.2 Å². The summed E-state index contributed by atoms with van der Waals surface area (Å²) < 4.78 is 0. The van der Waals surface area contributed by atoms with E-state index < -0.39 is 0 Å². The van der Waals surface area contributed by atoms with Gasteiger partial charge in [-0.25, -0.2) is 4.98 Å². The second-order valence-corrected chi connectivity index (χ2v) is 2.07. The summed E-state index contributed by atoms with van der Waals surface area (Å²) in [5.74, 6) is 0. The van der Waals surface area contributed by atoms with E-state index in [9.17, 15) is 0 Å². The Labute approximate surface area is 58.9 Å². The fourth-order valence-electron chi connectivity index (χ4n) is 0.522. The van der Waals surface area contributed by atoms with Gasteiger partial charge in [0.25, 0.3) is 0 Å². The van der Waals surface area contributed by atoms with Crippen LogP contribution in [-0.4, -0.2) is 9.97 Å². The minimum Gasteiger partial charge on any atom is -0.256 e. The molecule has 0 bridgehead atoms. The van der Waals surface area contributed by atoms with Crippen molar-refractivity contribution in [1.29, 1.82) is 0 Å². The molecule has 0 spiro atoms. The molecule has 0 atom stereocenters. The van der Waals surface area contributed by atoms with Gasteiger partial charge in [0, 0.05) is 0 Å². The van der Waals surface area contributed by atoms with Gasteiger partial charge in [-0.15, -0.1) is 0 Å². The lowest BCUT2D eigenvalue weighted by molar-refractivity contribution is 1.000. The zero-order valence-corrected chi connectivity index (χ0v) is 5.89. The second kappa shape index (κ2) is 2.78. The lowest BCUT2D eigenvalue weighted by Crippen LogP contribution is -1.86. The molecule has 0 amide bonds. The summed E-state index contributed by atoms with van der Waals surface area (Å²) in [5, 5.41) is 0.451. The highest BCUT2D eigenvalue weighted by molar-refractivity contribution is 6.29. The Kier molecular flexibility index (Phi) is 2.01. The fourth-order valence-corrected chi connectivity index (χ4v) is 0.619. The van der Waals surface area contributed by atoms with Crippen LogP contribution in [0.25, 0.3) is 0 Å². The average Bonchev–Trinajstić information content (AvgIpc) is 1.90. The summed E-state index contributed by atoms with van der Waals surface area (Å²) >= 11 is 5.50. The topological polar surface area (TPSA) is 25.8 Å². The molecule has 0 saturated heterocycles. The zero-order valence-electron chi connectivity index (χ0n) is 5.13. The highest BCUT2D eigenvalue weighted by Gasteiger charge is 1.89. The average molecular weight is 143 g/mol. The van der Waals surface area contributed by atoms with Crippen molar-refractivity contribution in [1.82, 2.24) is 9.97 Å². The zero-order chi connectivity index (χ0) is 6.69. The maximum absolute atomic E-state index is 5.50. The maximum atomic E-state index is 5.50. The van der Waals surface area contributed by atoms with Crippen LogP contribution < -0.4 is 0 Å². The lowest BCUT2D eigenvalue weighted by atomic mass is 10.4. The van der Waals surface area contributed by atoms with E-state index in [0.717, 1.165) is 12.1 Å². The van der Waals surface area contributed by atoms with E-state index in [0.29, 0.717) is 5.15 Å². The van der Waals surface area contributed by atoms with Crippen LogP contribution in [-0.2, 0) is 6.42 Å². The van der Waals surface area contributed by atoms with Gasteiger partial charge < -0.3 is 0 Å². The molecule has 48 valence electrons. The molecular formula is C6H7ClN2.